The summed E-state index contributed by atoms with van der Waals surface area (Å²) < 4.78 is 42.0. The number of benzene rings is 2. The van der Waals surface area contributed by atoms with Gasteiger partial charge in [-0.15, -0.1) is 0 Å². The Labute approximate surface area is 200 Å². The van der Waals surface area contributed by atoms with E-state index < -0.39 is 27.9 Å². The Hall–Kier alpha value is -4.45. The molecule has 35 heavy (non-hydrogen) atoms. The zero-order valence-corrected chi connectivity index (χ0v) is 19.7. The molecule has 2 N–H and O–H groups in total. The maximum atomic E-state index is 12.4. The molecule has 2 aromatic carbocycles. The topological polar surface area (TPSA) is 154 Å². The Morgan fingerprint density at radius 3 is 2.20 bits per heavy atom. The minimum atomic E-state index is -3.88. The highest BCUT2D eigenvalue weighted by atomic mass is 32.2. The number of carbonyl (C=O) groups excluding carboxylic acids is 3. The molecule has 0 unspecified atom stereocenters. The van der Waals surface area contributed by atoms with Crippen LogP contribution >= 0.6 is 0 Å². The van der Waals surface area contributed by atoms with Gasteiger partial charge in [-0.1, -0.05) is 11.2 Å². The molecule has 0 saturated carbocycles. The van der Waals surface area contributed by atoms with E-state index in [4.69, 9.17) is 14.0 Å². The first-order valence-corrected chi connectivity index (χ1v) is 11.6. The predicted octanol–water partition coefficient (Wildman–Crippen LogP) is 3.29. The standard InChI is InChI=1S/C23H21N3O8S/c1-14-12-22(25-34-14)26-35(30,31)19-8-6-18(7-9-19)24-23(29)11-5-17-4-10-20(32-15(2)27)21(13-17)33-16(3)28/h4-13H,1-3H3,(H,24,29)(H,25,26)/b11-5+. The van der Waals surface area contributed by atoms with Gasteiger partial charge in [0, 0.05) is 31.7 Å². The van der Waals surface area contributed by atoms with Crippen molar-refractivity contribution < 1.29 is 36.8 Å². The fourth-order valence-corrected chi connectivity index (χ4v) is 3.77. The van der Waals surface area contributed by atoms with E-state index in [1.165, 1.54) is 68.5 Å². The molecule has 12 heteroatoms. The number of sulfonamides is 1. The summed E-state index contributed by atoms with van der Waals surface area (Å²) in [5.41, 5.74) is 0.865. The highest BCUT2D eigenvalue weighted by molar-refractivity contribution is 7.92. The third kappa shape index (κ3) is 7.27. The number of aromatic nitrogens is 1. The molecule has 0 aliphatic rings. The number of carbonyl (C=O) groups is 3. The lowest BCUT2D eigenvalue weighted by molar-refractivity contribution is -0.134. The van der Waals surface area contributed by atoms with Gasteiger partial charge in [-0.05, 0) is 55.0 Å². The second-order valence-corrected chi connectivity index (χ2v) is 8.85. The van der Waals surface area contributed by atoms with Gasteiger partial charge < -0.3 is 19.3 Å². The van der Waals surface area contributed by atoms with Gasteiger partial charge in [0.25, 0.3) is 10.0 Å². The SMILES string of the molecule is CC(=O)Oc1ccc(/C=C/C(=O)Nc2ccc(S(=O)(=O)Nc3cc(C)on3)cc2)cc1OC(C)=O. The quantitative estimate of drug-likeness (QED) is 0.270. The van der Waals surface area contributed by atoms with Crippen molar-refractivity contribution in [3.8, 4) is 11.5 Å². The Morgan fingerprint density at radius 1 is 0.943 bits per heavy atom. The van der Waals surface area contributed by atoms with E-state index in [1.807, 2.05) is 0 Å². The number of nitrogens with zero attached hydrogens (tertiary/aromatic N) is 1. The number of ether oxygens (including phenoxy) is 2. The molecule has 3 rings (SSSR count). The van der Waals surface area contributed by atoms with Crippen LogP contribution in [0, 0.1) is 6.92 Å². The first kappa shape index (κ1) is 25.2. The van der Waals surface area contributed by atoms with Crippen LogP contribution in [-0.2, 0) is 24.4 Å². The van der Waals surface area contributed by atoms with Crippen LogP contribution in [0.5, 0.6) is 11.5 Å². The van der Waals surface area contributed by atoms with Gasteiger partial charge >= 0.3 is 11.9 Å². The van der Waals surface area contributed by atoms with E-state index in [1.54, 1.807) is 13.0 Å². The van der Waals surface area contributed by atoms with Gasteiger partial charge in [-0.3, -0.25) is 19.1 Å². The zero-order valence-electron chi connectivity index (χ0n) is 18.9. The Bertz CT molecular complexity index is 1390. The van der Waals surface area contributed by atoms with Gasteiger partial charge in [0.05, 0.1) is 4.90 Å². The summed E-state index contributed by atoms with van der Waals surface area (Å²) in [6, 6.07) is 11.4. The Morgan fingerprint density at radius 2 is 1.60 bits per heavy atom. The summed E-state index contributed by atoms with van der Waals surface area (Å²) >= 11 is 0. The van der Waals surface area contributed by atoms with Crippen LogP contribution in [-0.4, -0.2) is 31.4 Å². The number of amides is 1. The first-order chi connectivity index (χ1) is 16.5. The summed E-state index contributed by atoms with van der Waals surface area (Å²) in [5, 5.41) is 6.19. The van der Waals surface area contributed by atoms with Crippen LogP contribution < -0.4 is 19.5 Å². The highest BCUT2D eigenvalue weighted by Gasteiger charge is 2.16. The molecule has 0 fully saturated rings. The molecule has 0 aliphatic heterocycles. The Balaban J connectivity index is 1.66. The molecular formula is C23H21N3O8S. The van der Waals surface area contributed by atoms with Crippen LogP contribution in [0.3, 0.4) is 0 Å². The van der Waals surface area contributed by atoms with E-state index in [9.17, 15) is 22.8 Å². The number of nitrogens with one attached hydrogen (secondary N) is 2. The summed E-state index contributed by atoms with van der Waals surface area (Å²) in [6.45, 7) is 4.05. The zero-order chi connectivity index (χ0) is 25.6. The van der Waals surface area contributed by atoms with Gasteiger partial charge in [0.1, 0.15) is 5.76 Å². The third-order valence-corrected chi connectivity index (χ3v) is 5.57. The highest BCUT2D eigenvalue weighted by Crippen LogP contribution is 2.29. The third-order valence-electron chi connectivity index (χ3n) is 4.20. The molecule has 182 valence electrons. The monoisotopic (exact) mass is 499 g/mol. The predicted molar refractivity (Wildman–Crippen MR) is 125 cm³/mol. The normalized spacial score (nSPS) is 11.2. The van der Waals surface area contributed by atoms with Crippen molar-refractivity contribution in [2.45, 2.75) is 25.7 Å². The van der Waals surface area contributed by atoms with Gasteiger partial charge in [0.15, 0.2) is 17.3 Å². The first-order valence-electron chi connectivity index (χ1n) is 10.1. The fourth-order valence-electron chi connectivity index (χ4n) is 2.79. The molecule has 0 aliphatic carbocycles. The summed E-state index contributed by atoms with van der Waals surface area (Å²) in [6.07, 6.45) is 2.69. The molecule has 0 bridgehead atoms. The van der Waals surface area contributed by atoms with E-state index in [0.717, 1.165) is 0 Å². The molecule has 0 radical (unpaired) electrons. The van der Waals surface area contributed by atoms with Crippen molar-refractivity contribution in [3.63, 3.8) is 0 Å². The van der Waals surface area contributed by atoms with E-state index >= 15 is 0 Å². The van der Waals surface area contributed by atoms with Crippen molar-refractivity contribution in [2.24, 2.45) is 0 Å². The molecule has 11 nitrogen and oxygen atoms in total. The van der Waals surface area contributed by atoms with Gasteiger partial charge in [-0.25, -0.2) is 8.42 Å². The van der Waals surface area contributed by atoms with Crippen molar-refractivity contribution in [3.05, 3.63) is 65.9 Å². The molecule has 0 spiro atoms. The van der Waals surface area contributed by atoms with E-state index in [0.29, 0.717) is 17.0 Å². The fraction of sp³-hybridized carbons (Fsp3) is 0.130. The molecule has 0 atom stereocenters. The van der Waals surface area contributed by atoms with E-state index in [2.05, 4.69) is 15.2 Å². The van der Waals surface area contributed by atoms with Crippen LogP contribution in [0.2, 0.25) is 0 Å². The number of hydrogen-bond acceptors (Lipinski definition) is 9. The lowest BCUT2D eigenvalue weighted by atomic mass is 10.2. The summed E-state index contributed by atoms with van der Waals surface area (Å²) in [5.74, 6) is -1.06. The van der Waals surface area contributed by atoms with Crippen LogP contribution in [0.15, 0.2) is 64.0 Å². The maximum absolute atomic E-state index is 12.4. The number of anilines is 2. The minimum Gasteiger partial charge on any atom is -0.423 e. The van der Waals surface area contributed by atoms with E-state index in [-0.39, 0.29) is 22.2 Å². The summed E-state index contributed by atoms with van der Waals surface area (Å²) in [7, 11) is -3.88. The molecule has 1 heterocycles. The second-order valence-electron chi connectivity index (χ2n) is 7.17. The number of aryl methyl sites for hydroxylation is 1. The minimum absolute atomic E-state index is 0.0291. The van der Waals surface area contributed by atoms with Crippen LogP contribution in [0.1, 0.15) is 25.2 Å². The maximum Gasteiger partial charge on any atom is 0.308 e. The summed E-state index contributed by atoms with van der Waals surface area (Å²) in [4.78, 5) is 34.8. The lowest BCUT2D eigenvalue weighted by Gasteiger charge is -2.09. The van der Waals surface area contributed by atoms with Crippen LogP contribution in [0.4, 0.5) is 11.5 Å². The number of hydrogen-bond donors (Lipinski definition) is 2. The molecule has 1 amide bonds. The number of esters is 2. The second kappa shape index (κ2) is 10.7. The molecule has 3 aromatic rings. The smallest absolute Gasteiger partial charge is 0.308 e. The largest absolute Gasteiger partial charge is 0.423 e. The van der Waals surface area contributed by atoms with Gasteiger partial charge in [0.2, 0.25) is 5.91 Å². The molecular weight excluding hydrogens is 478 g/mol. The van der Waals surface area contributed by atoms with Crippen LogP contribution in [0.25, 0.3) is 6.08 Å². The van der Waals surface area contributed by atoms with Crippen molar-refractivity contribution >= 4 is 45.5 Å². The van der Waals surface area contributed by atoms with Crippen molar-refractivity contribution in [2.75, 3.05) is 10.0 Å². The number of rotatable bonds is 8. The van der Waals surface area contributed by atoms with Crippen molar-refractivity contribution in [1.29, 1.82) is 0 Å². The average Bonchev–Trinajstić information content (AvgIpc) is 3.17. The van der Waals surface area contributed by atoms with Gasteiger partial charge in [-0.2, -0.15) is 0 Å². The average molecular weight is 500 g/mol. The lowest BCUT2D eigenvalue weighted by Crippen LogP contribution is -2.13. The van der Waals surface area contributed by atoms with Crippen molar-refractivity contribution in [1.82, 2.24) is 5.16 Å². The molecule has 1 aromatic heterocycles. The molecule has 0 saturated heterocycles. The Kier molecular flexibility index (Phi) is 7.66.